The highest BCUT2D eigenvalue weighted by Crippen LogP contribution is 2.21. The smallest absolute Gasteiger partial charge is 0.316 e. The second-order valence-corrected chi connectivity index (χ2v) is 6.81. The largest absolute Gasteiger partial charge is 0.468 e. The third-order valence-electron chi connectivity index (χ3n) is 3.87. The lowest BCUT2D eigenvalue weighted by atomic mass is 10.2. The molecule has 0 fully saturated rings. The maximum absolute atomic E-state index is 13.1. The lowest BCUT2D eigenvalue weighted by Gasteiger charge is -2.13. The molecule has 3 heterocycles. The Balaban J connectivity index is 1.69. The average Bonchev–Trinajstić information content (AvgIpc) is 3.37. The molecule has 0 aliphatic rings. The summed E-state index contributed by atoms with van der Waals surface area (Å²) in [5.74, 6) is 1.51. The summed E-state index contributed by atoms with van der Waals surface area (Å²) in [6.45, 7) is 2.01. The van der Waals surface area contributed by atoms with E-state index >= 15 is 0 Å². The third-order valence-corrected chi connectivity index (χ3v) is 4.81. The van der Waals surface area contributed by atoms with Gasteiger partial charge in [0.2, 0.25) is 11.0 Å². The van der Waals surface area contributed by atoms with Crippen molar-refractivity contribution in [2.75, 3.05) is 5.32 Å². The number of benzene rings is 1. The van der Waals surface area contributed by atoms with Gasteiger partial charge in [-0.15, -0.1) is 10.2 Å². The number of nitrogens with one attached hydrogen (secondary N) is 1. The minimum absolute atomic E-state index is 0.162. The van der Waals surface area contributed by atoms with Crippen LogP contribution in [0.1, 0.15) is 11.3 Å². The fourth-order valence-electron chi connectivity index (χ4n) is 2.50. The molecule has 0 radical (unpaired) electrons. The van der Waals surface area contributed by atoms with E-state index in [2.05, 4.69) is 15.5 Å². The van der Waals surface area contributed by atoms with Crippen molar-refractivity contribution in [2.24, 2.45) is 0 Å². The van der Waals surface area contributed by atoms with Crippen molar-refractivity contribution in [2.45, 2.75) is 17.8 Å². The molecule has 8 heteroatoms. The van der Waals surface area contributed by atoms with E-state index in [1.54, 1.807) is 23.3 Å². The van der Waals surface area contributed by atoms with Crippen molar-refractivity contribution in [3.63, 3.8) is 0 Å². The first-order chi connectivity index (χ1) is 13.2. The van der Waals surface area contributed by atoms with E-state index in [1.165, 1.54) is 16.4 Å². The van der Waals surface area contributed by atoms with Gasteiger partial charge in [-0.3, -0.25) is 9.47 Å². The molecular weight excluding hydrogens is 362 g/mol. The van der Waals surface area contributed by atoms with Crippen LogP contribution in [0.2, 0.25) is 0 Å². The number of nitrogens with zero attached hydrogens (tertiary/aromatic N) is 4. The first-order valence-electron chi connectivity index (χ1n) is 8.33. The van der Waals surface area contributed by atoms with E-state index in [4.69, 9.17) is 4.42 Å². The van der Waals surface area contributed by atoms with Gasteiger partial charge >= 0.3 is 5.56 Å². The van der Waals surface area contributed by atoms with Crippen molar-refractivity contribution >= 4 is 23.3 Å². The predicted octanol–water partition coefficient (Wildman–Crippen LogP) is 3.69. The van der Waals surface area contributed by atoms with E-state index in [0.29, 0.717) is 10.9 Å². The average molecular weight is 379 g/mol. The van der Waals surface area contributed by atoms with Gasteiger partial charge in [-0.25, -0.2) is 0 Å². The van der Waals surface area contributed by atoms with Gasteiger partial charge in [0.15, 0.2) is 0 Å². The van der Waals surface area contributed by atoms with Gasteiger partial charge in [-0.1, -0.05) is 29.5 Å². The van der Waals surface area contributed by atoms with Crippen LogP contribution in [-0.4, -0.2) is 19.5 Å². The topological polar surface area (TPSA) is 77.9 Å². The minimum Gasteiger partial charge on any atom is -0.468 e. The Morgan fingerprint density at radius 3 is 2.56 bits per heavy atom. The van der Waals surface area contributed by atoms with Gasteiger partial charge in [0, 0.05) is 18.1 Å². The first kappa shape index (κ1) is 17.2. The molecule has 4 rings (SSSR count). The monoisotopic (exact) mass is 379 g/mol. The van der Waals surface area contributed by atoms with Crippen LogP contribution in [0.25, 0.3) is 0 Å². The van der Waals surface area contributed by atoms with E-state index in [-0.39, 0.29) is 11.4 Å². The number of hydrogen-bond acceptors (Lipinski definition) is 6. The molecular formula is C19H17N5O2S. The highest BCUT2D eigenvalue weighted by molar-refractivity contribution is 7.98. The molecule has 136 valence electrons. The lowest BCUT2D eigenvalue weighted by molar-refractivity contribution is 0.523. The fraction of sp³-hybridized carbons (Fsp3) is 0.105. The van der Waals surface area contributed by atoms with Crippen LogP contribution in [-0.2, 0) is 5.75 Å². The Hall–Kier alpha value is -3.26. The molecule has 0 spiro atoms. The second kappa shape index (κ2) is 7.55. The van der Waals surface area contributed by atoms with E-state index in [9.17, 15) is 4.79 Å². The van der Waals surface area contributed by atoms with Crippen LogP contribution in [0, 0.1) is 6.92 Å². The normalized spacial score (nSPS) is 10.9. The third kappa shape index (κ3) is 3.80. The Morgan fingerprint density at radius 2 is 1.85 bits per heavy atom. The zero-order valence-corrected chi connectivity index (χ0v) is 15.4. The molecule has 27 heavy (non-hydrogen) atoms. The van der Waals surface area contributed by atoms with Gasteiger partial charge < -0.3 is 9.73 Å². The van der Waals surface area contributed by atoms with Crippen LogP contribution in [0.4, 0.5) is 11.5 Å². The number of anilines is 2. The summed E-state index contributed by atoms with van der Waals surface area (Å²) in [6, 6.07) is 15.1. The minimum atomic E-state index is -0.288. The van der Waals surface area contributed by atoms with Crippen molar-refractivity contribution in [1.82, 2.24) is 19.5 Å². The highest BCUT2D eigenvalue weighted by atomic mass is 32.2. The fourth-order valence-corrected chi connectivity index (χ4v) is 3.33. The van der Waals surface area contributed by atoms with E-state index in [1.807, 2.05) is 55.5 Å². The first-order valence-corrected chi connectivity index (χ1v) is 9.31. The summed E-state index contributed by atoms with van der Waals surface area (Å²) in [6.07, 6.45) is 5.20. The number of thioether (sulfide) groups is 1. The van der Waals surface area contributed by atoms with Gasteiger partial charge in [-0.2, -0.15) is 4.68 Å². The molecule has 0 amide bonds. The molecule has 0 bridgehead atoms. The molecule has 7 nitrogen and oxygen atoms in total. The van der Waals surface area contributed by atoms with E-state index in [0.717, 1.165) is 17.0 Å². The summed E-state index contributed by atoms with van der Waals surface area (Å²) in [4.78, 5) is 13.1. The number of rotatable bonds is 6. The SMILES string of the molecule is Cc1ccc(Nc2nnc(SCc3ccco3)n(-n3cccc3)c2=O)cc1. The summed E-state index contributed by atoms with van der Waals surface area (Å²) >= 11 is 1.38. The number of aryl methyl sites for hydroxylation is 1. The molecule has 4 aromatic rings. The molecule has 0 aliphatic carbocycles. The van der Waals surface area contributed by atoms with Crippen LogP contribution in [0.15, 0.2) is 81.6 Å². The molecule has 0 aliphatic heterocycles. The Kier molecular flexibility index (Phi) is 4.80. The maximum Gasteiger partial charge on any atom is 0.316 e. The highest BCUT2D eigenvalue weighted by Gasteiger charge is 2.15. The maximum atomic E-state index is 13.1. The van der Waals surface area contributed by atoms with Gasteiger partial charge in [0.1, 0.15) is 5.76 Å². The van der Waals surface area contributed by atoms with Gasteiger partial charge in [-0.05, 0) is 43.3 Å². The molecule has 0 saturated carbocycles. The Labute approximate surface area is 159 Å². The summed E-state index contributed by atoms with van der Waals surface area (Å²) in [5, 5.41) is 11.9. The van der Waals surface area contributed by atoms with Crippen molar-refractivity contribution in [3.05, 3.63) is 88.9 Å². The summed E-state index contributed by atoms with van der Waals surface area (Å²) in [7, 11) is 0. The van der Waals surface area contributed by atoms with Gasteiger partial charge in [0.25, 0.3) is 0 Å². The molecule has 0 saturated heterocycles. The second-order valence-electron chi connectivity index (χ2n) is 5.87. The molecule has 3 aromatic heterocycles. The van der Waals surface area contributed by atoms with Crippen molar-refractivity contribution < 1.29 is 4.42 Å². The standard InChI is InChI=1S/C19H17N5O2S/c1-14-6-8-15(9-7-14)20-17-18(25)24(23-10-2-3-11-23)19(22-21-17)27-13-16-5-4-12-26-16/h2-12H,13H2,1H3,(H,20,21). The number of aromatic nitrogens is 4. The Morgan fingerprint density at radius 1 is 1.07 bits per heavy atom. The number of furan rings is 1. The van der Waals surface area contributed by atoms with Crippen LogP contribution >= 0.6 is 11.8 Å². The number of hydrogen-bond donors (Lipinski definition) is 1. The van der Waals surface area contributed by atoms with Crippen LogP contribution in [0.3, 0.4) is 0 Å². The Bertz CT molecular complexity index is 1070. The van der Waals surface area contributed by atoms with Crippen LogP contribution in [0.5, 0.6) is 0 Å². The molecule has 0 atom stereocenters. The van der Waals surface area contributed by atoms with E-state index < -0.39 is 0 Å². The zero-order chi connectivity index (χ0) is 18.6. The molecule has 1 aromatic carbocycles. The zero-order valence-electron chi connectivity index (χ0n) is 14.6. The molecule has 0 unspecified atom stereocenters. The molecule has 1 N–H and O–H groups in total. The van der Waals surface area contributed by atoms with Gasteiger partial charge in [0.05, 0.1) is 12.0 Å². The van der Waals surface area contributed by atoms with Crippen molar-refractivity contribution in [3.8, 4) is 0 Å². The quantitative estimate of drug-likeness (QED) is 0.515. The lowest BCUT2D eigenvalue weighted by Crippen LogP contribution is -2.30. The summed E-state index contributed by atoms with van der Waals surface area (Å²) < 4.78 is 8.52. The van der Waals surface area contributed by atoms with Crippen molar-refractivity contribution in [1.29, 1.82) is 0 Å². The predicted molar refractivity (Wildman–Crippen MR) is 104 cm³/mol. The van der Waals surface area contributed by atoms with Crippen LogP contribution < -0.4 is 10.9 Å². The summed E-state index contributed by atoms with van der Waals surface area (Å²) in [5.41, 5.74) is 1.63.